The van der Waals surface area contributed by atoms with Gasteiger partial charge in [-0.15, -0.1) is 0 Å². The van der Waals surface area contributed by atoms with Gasteiger partial charge in [0.25, 0.3) is 0 Å². The van der Waals surface area contributed by atoms with E-state index in [0.29, 0.717) is 17.9 Å². The second-order valence-corrected chi connectivity index (χ2v) is 6.12. The van der Waals surface area contributed by atoms with Gasteiger partial charge in [0, 0.05) is 4.47 Å². The van der Waals surface area contributed by atoms with E-state index in [2.05, 4.69) is 21.2 Å². The Morgan fingerprint density at radius 3 is 2.70 bits per heavy atom. The van der Waals surface area contributed by atoms with Crippen LogP contribution in [0.5, 0.6) is 5.75 Å². The third kappa shape index (κ3) is 3.54. The van der Waals surface area contributed by atoms with E-state index in [9.17, 15) is 4.79 Å². The fraction of sp³-hybridized carbons (Fsp3) is 0.105. The maximum atomic E-state index is 12.4. The van der Waals surface area contributed by atoms with Crippen molar-refractivity contribution in [3.05, 3.63) is 70.7 Å². The predicted octanol–water partition coefficient (Wildman–Crippen LogP) is 4.79. The summed E-state index contributed by atoms with van der Waals surface area (Å²) in [6.45, 7) is 0. The van der Waals surface area contributed by atoms with E-state index in [0.717, 1.165) is 20.8 Å². The molecule has 0 saturated heterocycles. The molecule has 1 N–H and O–H groups in total. The molecule has 0 heterocycles. The van der Waals surface area contributed by atoms with Crippen LogP contribution in [0.4, 0.5) is 5.69 Å². The van der Waals surface area contributed by atoms with Crippen LogP contribution in [-0.4, -0.2) is 13.0 Å². The van der Waals surface area contributed by atoms with Crippen molar-refractivity contribution >= 4 is 38.3 Å². The molecule has 3 nitrogen and oxygen atoms in total. The molecule has 0 aromatic heterocycles. The van der Waals surface area contributed by atoms with Gasteiger partial charge in [-0.05, 0) is 34.5 Å². The van der Waals surface area contributed by atoms with Gasteiger partial charge in [0.2, 0.25) is 5.91 Å². The number of carbonyl (C=O) groups is 1. The lowest BCUT2D eigenvalue weighted by Gasteiger charge is -2.11. The maximum absolute atomic E-state index is 12.4. The minimum Gasteiger partial charge on any atom is -0.495 e. The Morgan fingerprint density at radius 2 is 1.87 bits per heavy atom. The summed E-state index contributed by atoms with van der Waals surface area (Å²) in [5.74, 6) is 0.567. The summed E-state index contributed by atoms with van der Waals surface area (Å²) in [4.78, 5) is 12.4. The molecule has 0 atom stereocenters. The van der Waals surface area contributed by atoms with E-state index in [1.54, 1.807) is 7.11 Å². The molecule has 0 spiro atoms. The molecule has 1 amide bonds. The SMILES string of the molecule is COc1ccc(Br)cc1NC(=O)Cc1cccc2ccccc12. The lowest BCUT2D eigenvalue weighted by molar-refractivity contribution is -0.115. The largest absolute Gasteiger partial charge is 0.495 e. The fourth-order valence-corrected chi connectivity index (χ4v) is 2.95. The summed E-state index contributed by atoms with van der Waals surface area (Å²) in [6, 6.07) is 19.6. The minimum atomic E-state index is -0.0715. The van der Waals surface area contributed by atoms with Crippen molar-refractivity contribution in [2.45, 2.75) is 6.42 Å². The van der Waals surface area contributed by atoms with Crippen LogP contribution in [0.3, 0.4) is 0 Å². The molecular weight excluding hydrogens is 354 g/mol. The topological polar surface area (TPSA) is 38.3 Å². The molecule has 0 aliphatic rings. The van der Waals surface area contributed by atoms with Gasteiger partial charge in [0.05, 0.1) is 19.2 Å². The van der Waals surface area contributed by atoms with Crippen molar-refractivity contribution in [3.63, 3.8) is 0 Å². The molecule has 4 heteroatoms. The summed E-state index contributed by atoms with van der Waals surface area (Å²) in [7, 11) is 1.59. The summed E-state index contributed by atoms with van der Waals surface area (Å²) in [5.41, 5.74) is 1.67. The third-order valence-electron chi connectivity index (χ3n) is 3.67. The van der Waals surface area contributed by atoms with Crippen molar-refractivity contribution in [3.8, 4) is 5.75 Å². The van der Waals surface area contributed by atoms with Crippen LogP contribution < -0.4 is 10.1 Å². The van der Waals surface area contributed by atoms with Gasteiger partial charge < -0.3 is 10.1 Å². The number of hydrogen-bond donors (Lipinski definition) is 1. The van der Waals surface area contributed by atoms with E-state index in [4.69, 9.17) is 4.74 Å². The number of halogens is 1. The first-order chi connectivity index (χ1) is 11.2. The van der Waals surface area contributed by atoms with Gasteiger partial charge in [0.1, 0.15) is 5.75 Å². The molecule has 0 aliphatic carbocycles. The smallest absolute Gasteiger partial charge is 0.228 e. The first-order valence-corrected chi connectivity index (χ1v) is 8.06. The summed E-state index contributed by atoms with van der Waals surface area (Å²) in [5, 5.41) is 5.16. The second-order valence-electron chi connectivity index (χ2n) is 5.21. The Morgan fingerprint density at radius 1 is 1.09 bits per heavy atom. The minimum absolute atomic E-state index is 0.0715. The number of fused-ring (bicyclic) bond motifs is 1. The Kier molecular flexibility index (Phi) is 4.63. The molecule has 0 bridgehead atoms. The summed E-state index contributed by atoms with van der Waals surface area (Å²) >= 11 is 3.41. The first kappa shape index (κ1) is 15.6. The van der Waals surface area contributed by atoms with E-state index >= 15 is 0 Å². The van der Waals surface area contributed by atoms with Crippen molar-refractivity contribution in [2.75, 3.05) is 12.4 Å². The molecule has 0 unspecified atom stereocenters. The maximum Gasteiger partial charge on any atom is 0.228 e. The van der Waals surface area contributed by atoms with Crippen LogP contribution in [0.1, 0.15) is 5.56 Å². The summed E-state index contributed by atoms with van der Waals surface area (Å²) in [6.07, 6.45) is 0.316. The number of carbonyl (C=O) groups excluding carboxylic acids is 1. The zero-order valence-electron chi connectivity index (χ0n) is 12.7. The number of methoxy groups -OCH3 is 1. The van der Waals surface area contributed by atoms with Crippen LogP contribution in [-0.2, 0) is 11.2 Å². The molecule has 3 aromatic carbocycles. The Balaban J connectivity index is 1.83. The highest BCUT2D eigenvalue weighted by atomic mass is 79.9. The number of ether oxygens (including phenoxy) is 1. The number of benzene rings is 3. The zero-order chi connectivity index (χ0) is 16.2. The van der Waals surface area contributed by atoms with Crippen molar-refractivity contribution in [1.82, 2.24) is 0 Å². The van der Waals surface area contributed by atoms with Crippen LogP contribution in [0.15, 0.2) is 65.1 Å². The van der Waals surface area contributed by atoms with Crippen molar-refractivity contribution in [1.29, 1.82) is 0 Å². The number of amides is 1. The zero-order valence-corrected chi connectivity index (χ0v) is 14.3. The first-order valence-electron chi connectivity index (χ1n) is 7.27. The highest BCUT2D eigenvalue weighted by molar-refractivity contribution is 9.10. The lowest BCUT2D eigenvalue weighted by atomic mass is 10.0. The second kappa shape index (κ2) is 6.84. The van der Waals surface area contributed by atoms with E-state index in [1.165, 1.54) is 0 Å². The molecular formula is C19H16BrNO2. The quantitative estimate of drug-likeness (QED) is 0.717. The van der Waals surface area contributed by atoms with Crippen LogP contribution in [0.25, 0.3) is 10.8 Å². The van der Waals surface area contributed by atoms with Crippen LogP contribution in [0.2, 0.25) is 0 Å². The number of nitrogens with one attached hydrogen (secondary N) is 1. The average molecular weight is 370 g/mol. The standard InChI is InChI=1S/C19H16BrNO2/c1-23-18-10-9-15(20)12-17(18)21-19(22)11-14-7-4-6-13-5-2-3-8-16(13)14/h2-10,12H,11H2,1H3,(H,21,22). The Hall–Kier alpha value is -2.33. The number of hydrogen-bond acceptors (Lipinski definition) is 2. The fourth-order valence-electron chi connectivity index (χ4n) is 2.59. The number of rotatable bonds is 4. The van der Waals surface area contributed by atoms with E-state index in [1.807, 2.05) is 60.7 Å². The van der Waals surface area contributed by atoms with E-state index < -0.39 is 0 Å². The third-order valence-corrected chi connectivity index (χ3v) is 4.16. The highest BCUT2D eigenvalue weighted by Crippen LogP contribution is 2.28. The molecule has 3 rings (SSSR count). The molecule has 0 saturated carbocycles. The Labute approximate surface area is 143 Å². The monoisotopic (exact) mass is 369 g/mol. The summed E-state index contributed by atoms with van der Waals surface area (Å²) < 4.78 is 6.17. The lowest BCUT2D eigenvalue weighted by Crippen LogP contribution is -2.15. The molecule has 0 fully saturated rings. The van der Waals surface area contributed by atoms with Gasteiger partial charge in [-0.3, -0.25) is 4.79 Å². The molecule has 3 aromatic rings. The van der Waals surface area contributed by atoms with E-state index in [-0.39, 0.29) is 5.91 Å². The Bertz CT molecular complexity index is 856. The van der Waals surface area contributed by atoms with Crippen molar-refractivity contribution in [2.24, 2.45) is 0 Å². The van der Waals surface area contributed by atoms with Gasteiger partial charge in [-0.1, -0.05) is 58.4 Å². The van der Waals surface area contributed by atoms with Gasteiger partial charge in [-0.25, -0.2) is 0 Å². The average Bonchev–Trinajstić information content (AvgIpc) is 2.55. The molecule has 23 heavy (non-hydrogen) atoms. The van der Waals surface area contributed by atoms with Gasteiger partial charge in [-0.2, -0.15) is 0 Å². The van der Waals surface area contributed by atoms with Crippen LogP contribution >= 0.6 is 15.9 Å². The predicted molar refractivity (Wildman–Crippen MR) is 97.0 cm³/mol. The van der Waals surface area contributed by atoms with Gasteiger partial charge >= 0.3 is 0 Å². The highest BCUT2D eigenvalue weighted by Gasteiger charge is 2.10. The normalized spacial score (nSPS) is 10.5. The van der Waals surface area contributed by atoms with Gasteiger partial charge in [0.15, 0.2) is 0 Å². The molecule has 0 radical (unpaired) electrons. The molecule has 116 valence electrons. The van der Waals surface area contributed by atoms with Crippen molar-refractivity contribution < 1.29 is 9.53 Å². The molecule has 0 aliphatic heterocycles. The number of anilines is 1. The van der Waals surface area contributed by atoms with Crippen LogP contribution in [0, 0.1) is 0 Å².